The molecule has 0 aliphatic carbocycles. The van der Waals surface area contributed by atoms with Gasteiger partial charge in [-0.15, -0.1) is 0 Å². The molecule has 1 aliphatic rings. The Kier molecular flexibility index (Phi) is 6.70. The quantitative estimate of drug-likeness (QED) is 0.320. The van der Waals surface area contributed by atoms with Crippen LogP contribution in [0, 0.1) is 5.82 Å². The predicted molar refractivity (Wildman–Crippen MR) is 137 cm³/mol. The maximum Gasteiger partial charge on any atom is 0.123 e. The molecule has 34 heavy (non-hydrogen) atoms. The molecule has 0 spiro atoms. The molecule has 1 saturated heterocycles. The van der Waals surface area contributed by atoms with Crippen LogP contribution in [0.1, 0.15) is 5.56 Å². The first-order valence-electron chi connectivity index (χ1n) is 11.3. The lowest BCUT2D eigenvalue weighted by Gasteiger charge is -2.32. The summed E-state index contributed by atoms with van der Waals surface area (Å²) in [7, 11) is 2.16. The molecule has 0 bridgehead atoms. The van der Waals surface area contributed by atoms with E-state index in [9.17, 15) is 4.39 Å². The summed E-state index contributed by atoms with van der Waals surface area (Å²) in [5.41, 5.74) is 5.96. The summed E-state index contributed by atoms with van der Waals surface area (Å²) >= 11 is 12.7. The maximum absolute atomic E-state index is 13.3. The first-order valence-corrected chi connectivity index (χ1v) is 12.0. The van der Waals surface area contributed by atoms with Gasteiger partial charge in [0, 0.05) is 53.9 Å². The van der Waals surface area contributed by atoms with Crippen molar-refractivity contribution in [2.45, 2.75) is 6.54 Å². The summed E-state index contributed by atoms with van der Waals surface area (Å²) in [6.07, 6.45) is 1.94. The number of nitrogens with zero attached hydrogens (tertiary/aromatic N) is 4. The van der Waals surface area contributed by atoms with Crippen molar-refractivity contribution in [1.82, 2.24) is 19.6 Å². The van der Waals surface area contributed by atoms with Gasteiger partial charge in [0.25, 0.3) is 0 Å². The largest absolute Gasteiger partial charge is 0.304 e. The van der Waals surface area contributed by atoms with Crippen LogP contribution in [0.2, 0.25) is 10.0 Å². The molecule has 1 aliphatic heterocycles. The molecule has 4 aromatic rings. The SMILES string of the molecule is CN1CCN(Cc2cnn(-c3ccc(-c4ccc(F)cc4)cc3)c2-c2cc(Cl)cc(Cl)c2)CC1. The lowest BCUT2D eigenvalue weighted by molar-refractivity contribution is 0.148. The van der Waals surface area contributed by atoms with Gasteiger partial charge in [0.15, 0.2) is 0 Å². The van der Waals surface area contributed by atoms with Crippen LogP contribution in [0.3, 0.4) is 0 Å². The standard InChI is InChI=1S/C27H25Cl2FN4/c1-32-10-12-33(13-11-32)18-22-17-31-34(27(22)21-14-23(28)16-24(29)15-21)26-8-4-20(5-9-26)19-2-6-25(30)7-3-19/h2-9,14-17H,10-13,18H2,1H3. The van der Waals surface area contributed by atoms with E-state index in [4.69, 9.17) is 28.3 Å². The Hall–Kier alpha value is -2.70. The van der Waals surface area contributed by atoms with Crippen molar-refractivity contribution in [3.63, 3.8) is 0 Å². The van der Waals surface area contributed by atoms with Gasteiger partial charge in [-0.05, 0) is 60.6 Å². The second kappa shape index (κ2) is 9.88. The Balaban J connectivity index is 1.52. The average molecular weight is 495 g/mol. The third-order valence-electron chi connectivity index (χ3n) is 6.26. The Bertz CT molecular complexity index is 1260. The topological polar surface area (TPSA) is 24.3 Å². The van der Waals surface area contributed by atoms with Gasteiger partial charge in [-0.2, -0.15) is 5.10 Å². The van der Waals surface area contributed by atoms with E-state index in [1.165, 1.54) is 12.1 Å². The fourth-order valence-electron chi connectivity index (χ4n) is 4.38. The zero-order valence-corrected chi connectivity index (χ0v) is 20.4. The monoisotopic (exact) mass is 494 g/mol. The molecule has 4 nitrogen and oxygen atoms in total. The summed E-state index contributed by atoms with van der Waals surface area (Å²) < 4.78 is 15.2. The van der Waals surface area contributed by atoms with Crippen molar-refractivity contribution in [2.75, 3.05) is 33.2 Å². The highest BCUT2D eigenvalue weighted by Crippen LogP contribution is 2.33. The summed E-state index contributed by atoms with van der Waals surface area (Å²) in [6, 6.07) is 20.2. The number of hydrogen-bond donors (Lipinski definition) is 0. The molecule has 0 N–H and O–H groups in total. The smallest absolute Gasteiger partial charge is 0.123 e. The highest BCUT2D eigenvalue weighted by atomic mass is 35.5. The molecule has 174 valence electrons. The van der Waals surface area contributed by atoms with E-state index < -0.39 is 0 Å². The normalized spacial score (nSPS) is 15.1. The van der Waals surface area contributed by atoms with Gasteiger partial charge < -0.3 is 4.90 Å². The fraction of sp³-hybridized carbons (Fsp3) is 0.222. The maximum atomic E-state index is 13.3. The van der Waals surface area contributed by atoms with Gasteiger partial charge in [0.05, 0.1) is 17.6 Å². The molecule has 2 heterocycles. The Morgan fingerprint density at radius 3 is 2.00 bits per heavy atom. The van der Waals surface area contributed by atoms with Crippen molar-refractivity contribution in [3.8, 4) is 28.1 Å². The minimum absolute atomic E-state index is 0.241. The fourth-order valence-corrected chi connectivity index (χ4v) is 4.90. The molecular formula is C27H25Cl2FN4. The van der Waals surface area contributed by atoms with E-state index in [1.807, 2.05) is 47.3 Å². The van der Waals surface area contributed by atoms with Crippen LogP contribution >= 0.6 is 23.2 Å². The highest BCUT2D eigenvalue weighted by Gasteiger charge is 2.20. The number of hydrogen-bond acceptors (Lipinski definition) is 3. The van der Waals surface area contributed by atoms with Crippen molar-refractivity contribution in [3.05, 3.63) is 94.4 Å². The lowest BCUT2D eigenvalue weighted by Crippen LogP contribution is -2.43. The summed E-state index contributed by atoms with van der Waals surface area (Å²) in [5, 5.41) is 5.94. The molecule has 7 heteroatoms. The third-order valence-corrected chi connectivity index (χ3v) is 6.70. The molecule has 0 atom stereocenters. The molecule has 0 unspecified atom stereocenters. The van der Waals surface area contributed by atoms with Crippen LogP contribution in [0.5, 0.6) is 0 Å². The number of likely N-dealkylation sites (N-methyl/N-ethyl adjacent to an activating group) is 1. The van der Waals surface area contributed by atoms with Crippen LogP contribution in [-0.2, 0) is 6.54 Å². The van der Waals surface area contributed by atoms with E-state index in [0.29, 0.717) is 10.0 Å². The first-order chi connectivity index (χ1) is 16.5. The van der Waals surface area contributed by atoms with Crippen molar-refractivity contribution in [1.29, 1.82) is 0 Å². The number of benzene rings is 3. The molecule has 1 fully saturated rings. The van der Waals surface area contributed by atoms with E-state index in [0.717, 1.165) is 66.4 Å². The van der Waals surface area contributed by atoms with E-state index in [1.54, 1.807) is 18.2 Å². The predicted octanol–water partition coefficient (Wildman–Crippen LogP) is 6.40. The van der Waals surface area contributed by atoms with Crippen molar-refractivity contribution in [2.24, 2.45) is 0 Å². The van der Waals surface area contributed by atoms with Gasteiger partial charge >= 0.3 is 0 Å². The molecular weight excluding hydrogens is 470 g/mol. The number of halogens is 3. The Morgan fingerprint density at radius 1 is 0.794 bits per heavy atom. The van der Waals surface area contributed by atoms with Crippen molar-refractivity contribution >= 4 is 23.2 Å². The summed E-state index contributed by atoms with van der Waals surface area (Å²) in [6.45, 7) is 4.95. The molecule has 0 radical (unpaired) electrons. The first kappa shape index (κ1) is 23.1. The Labute approximate surface area is 209 Å². The van der Waals surface area contributed by atoms with Gasteiger partial charge in [0.2, 0.25) is 0 Å². The molecule has 0 amide bonds. The van der Waals surface area contributed by atoms with E-state index in [-0.39, 0.29) is 5.82 Å². The number of aromatic nitrogens is 2. The third kappa shape index (κ3) is 5.03. The molecule has 0 saturated carbocycles. The summed E-state index contributed by atoms with van der Waals surface area (Å²) in [4.78, 5) is 4.80. The lowest BCUT2D eigenvalue weighted by atomic mass is 10.0. The van der Waals surface area contributed by atoms with Crippen molar-refractivity contribution < 1.29 is 4.39 Å². The Morgan fingerprint density at radius 2 is 1.38 bits per heavy atom. The highest BCUT2D eigenvalue weighted by molar-refractivity contribution is 6.35. The number of rotatable bonds is 5. The second-order valence-corrected chi connectivity index (χ2v) is 9.59. The van der Waals surface area contributed by atoms with Crippen LogP contribution in [0.4, 0.5) is 4.39 Å². The zero-order valence-electron chi connectivity index (χ0n) is 18.9. The van der Waals surface area contributed by atoms with Crippen LogP contribution < -0.4 is 0 Å². The van der Waals surface area contributed by atoms with Crippen LogP contribution in [0.15, 0.2) is 72.9 Å². The number of piperazine rings is 1. The average Bonchev–Trinajstić information content (AvgIpc) is 3.24. The van der Waals surface area contributed by atoms with Gasteiger partial charge in [-0.1, -0.05) is 47.5 Å². The van der Waals surface area contributed by atoms with Crippen LogP contribution in [0.25, 0.3) is 28.1 Å². The van der Waals surface area contributed by atoms with Gasteiger partial charge in [-0.3, -0.25) is 4.90 Å². The van der Waals surface area contributed by atoms with E-state index >= 15 is 0 Å². The summed E-state index contributed by atoms with van der Waals surface area (Å²) in [5.74, 6) is -0.241. The van der Waals surface area contributed by atoms with Gasteiger partial charge in [-0.25, -0.2) is 9.07 Å². The molecule has 5 rings (SSSR count). The van der Waals surface area contributed by atoms with E-state index in [2.05, 4.69) is 16.8 Å². The molecule has 1 aromatic heterocycles. The minimum atomic E-state index is -0.241. The van der Waals surface area contributed by atoms with Gasteiger partial charge in [0.1, 0.15) is 5.82 Å². The minimum Gasteiger partial charge on any atom is -0.304 e. The van der Waals surface area contributed by atoms with Crippen LogP contribution in [-0.4, -0.2) is 52.8 Å². The molecule has 3 aromatic carbocycles. The second-order valence-electron chi connectivity index (χ2n) is 8.72. The zero-order chi connectivity index (χ0) is 23.7.